The summed E-state index contributed by atoms with van der Waals surface area (Å²) in [5.41, 5.74) is 0.977. The zero-order valence-electron chi connectivity index (χ0n) is 12.3. The highest BCUT2D eigenvalue weighted by Gasteiger charge is 2.15. The maximum atomic E-state index is 12.0. The molecular formula is C14H15Cl2N5O. The molecule has 2 aromatic rings. The molecule has 0 fully saturated rings. The second-order valence-electron chi connectivity index (χ2n) is 5.60. The topological polar surface area (TPSA) is 79.8 Å². The Bertz CT molecular complexity index is 662. The van der Waals surface area contributed by atoms with Gasteiger partial charge in [0.25, 0.3) is 5.91 Å². The number of nitrogens with zero attached hydrogens (tertiary/aromatic N) is 3. The van der Waals surface area contributed by atoms with Gasteiger partial charge < -0.3 is 10.6 Å². The van der Waals surface area contributed by atoms with Crippen molar-refractivity contribution in [2.45, 2.75) is 26.3 Å². The van der Waals surface area contributed by atoms with Crippen LogP contribution < -0.4 is 10.6 Å². The molecule has 0 saturated carbocycles. The number of aromatic nitrogens is 3. The largest absolute Gasteiger partial charge is 0.347 e. The van der Waals surface area contributed by atoms with Crippen molar-refractivity contribution >= 4 is 40.7 Å². The zero-order valence-corrected chi connectivity index (χ0v) is 13.8. The fourth-order valence-electron chi connectivity index (χ4n) is 1.63. The number of nitrogens with one attached hydrogen (secondary N) is 2. The number of hydrogen-bond donors (Lipinski definition) is 2. The fourth-order valence-corrected chi connectivity index (χ4v) is 1.99. The zero-order chi connectivity index (χ0) is 16.3. The average Bonchev–Trinajstić information content (AvgIpc) is 2.36. The quantitative estimate of drug-likeness (QED) is 0.895. The lowest BCUT2D eigenvalue weighted by molar-refractivity contribution is 0.0919. The van der Waals surface area contributed by atoms with Gasteiger partial charge in [0, 0.05) is 16.8 Å². The number of carbonyl (C=O) groups excluding carboxylic acids is 1. The second kappa shape index (κ2) is 6.46. The SMILES string of the molecule is CC(C)(C)NC(=O)c1ccc(Nc2nc(Cl)nc(Cl)n2)cc1. The van der Waals surface area contributed by atoms with E-state index in [-0.39, 0.29) is 28.0 Å². The third-order valence-corrected chi connectivity index (χ3v) is 2.81. The molecule has 0 atom stereocenters. The molecule has 0 spiro atoms. The van der Waals surface area contributed by atoms with Crippen LogP contribution in [0.15, 0.2) is 24.3 Å². The van der Waals surface area contributed by atoms with Gasteiger partial charge in [-0.3, -0.25) is 4.79 Å². The van der Waals surface area contributed by atoms with Gasteiger partial charge in [0.15, 0.2) is 0 Å². The van der Waals surface area contributed by atoms with E-state index in [0.717, 1.165) is 0 Å². The molecule has 0 bridgehead atoms. The summed E-state index contributed by atoms with van der Waals surface area (Å²) in [6.07, 6.45) is 0. The van der Waals surface area contributed by atoms with Crippen LogP contribution in [0.3, 0.4) is 0 Å². The Labute approximate surface area is 138 Å². The smallest absolute Gasteiger partial charge is 0.251 e. The summed E-state index contributed by atoms with van der Waals surface area (Å²) in [4.78, 5) is 23.5. The van der Waals surface area contributed by atoms with Crippen molar-refractivity contribution in [3.63, 3.8) is 0 Å². The van der Waals surface area contributed by atoms with Crippen molar-refractivity contribution in [3.05, 3.63) is 40.4 Å². The van der Waals surface area contributed by atoms with Gasteiger partial charge in [-0.2, -0.15) is 15.0 Å². The molecule has 0 saturated heterocycles. The minimum atomic E-state index is -0.285. The molecule has 1 amide bonds. The van der Waals surface area contributed by atoms with Crippen molar-refractivity contribution in [1.82, 2.24) is 20.3 Å². The molecule has 8 heteroatoms. The van der Waals surface area contributed by atoms with Gasteiger partial charge in [-0.15, -0.1) is 0 Å². The van der Waals surface area contributed by atoms with Crippen LogP contribution in [0.2, 0.25) is 10.6 Å². The van der Waals surface area contributed by atoms with Crippen molar-refractivity contribution in [2.24, 2.45) is 0 Å². The first-order valence-electron chi connectivity index (χ1n) is 6.50. The van der Waals surface area contributed by atoms with Crippen LogP contribution in [0.25, 0.3) is 0 Å². The molecule has 1 aromatic heterocycles. The highest BCUT2D eigenvalue weighted by atomic mass is 35.5. The lowest BCUT2D eigenvalue weighted by Crippen LogP contribution is -2.40. The molecule has 1 aromatic carbocycles. The number of benzene rings is 1. The van der Waals surface area contributed by atoms with Crippen LogP contribution in [0, 0.1) is 0 Å². The Hall–Kier alpha value is -1.92. The minimum Gasteiger partial charge on any atom is -0.347 e. The number of rotatable bonds is 3. The molecule has 6 nitrogen and oxygen atoms in total. The van der Waals surface area contributed by atoms with Crippen LogP contribution in [0.4, 0.5) is 11.6 Å². The summed E-state index contributed by atoms with van der Waals surface area (Å²) >= 11 is 11.4. The van der Waals surface area contributed by atoms with Gasteiger partial charge in [0.2, 0.25) is 16.5 Å². The van der Waals surface area contributed by atoms with Gasteiger partial charge in [-0.1, -0.05) is 0 Å². The lowest BCUT2D eigenvalue weighted by atomic mass is 10.1. The second-order valence-corrected chi connectivity index (χ2v) is 6.28. The Morgan fingerprint density at radius 3 is 2.05 bits per heavy atom. The molecule has 1 heterocycles. The summed E-state index contributed by atoms with van der Waals surface area (Å²) in [6.45, 7) is 5.78. The average molecular weight is 340 g/mol. The summed E-state index contributed by atoms with van der Waals surface area (Å²) in [6, 6.07) is 6.88. The van der Waals surface area contributed by atoms with E-state index >= 15 is 0 Å². The molecule has 22 heavy (non-hydrogen) atoms. The van der Waals surface area contributed by atoms with E-state index in [1.807, 2.05) is 20.8 Å². The molecule has 0 unspecified atom stereocenters. The van der Waals surface area contributed by atoms with Crippen LogP contribution in [0.5, 0.6) is 0 Å². The maximum Gasteiger partial charge on any atom is 0.251 e. The van der Waals surface area contributed by atoms with Gasteiger partial charge in [-0.05, 0) is 68.2 Å². The predicted octanol–water partition coefficient (Wildman–Crippen LogP) is 3.45. The van der Waals surface area contributed by atoms with E-state index in [2.05, 4.69) is 25.6 Å². The highest BCUT2D eigenvalue weighted by molar-refractivity contribution is 6.31. The molecule has 2 rings (SSSR count). The van der Waals surface area contributed by atoms with E-state index in [1.54, 1.807) is 24.3 Å². The normalized spacial score (nSPS) is 11.1. The highest BCUT2D eigenvalue weighted by Crippen LogP contribution is 2.17. The minimum absolute atomic E-state index is 0.00340. The molecule has 0 radical (unpaired) electrons. The van der Waals surface area contributed by atoms with E-state index in [4.69, 9.17) is 23.2 Å². The van der Waals surface area contributed by atoms with Crippen molar-refractivity contribution < 1.29 is 4.79 Å². The van der Waals surface area contributed by atoms with Crippen LogP contribution in [0.1, 0.15) is 31.1 Å². The Morgan fingerprint density at radius 1 is 1.00 bits per heavy atom. The molecule has 0 aliphatic rings. The monoisotopic (exact) mass is 339 g/mol. The summed E-state index contributed by atoms with van der Waals surface area (Å²) in [7, 11) is 0. The fraction of sp³-hybridized carbons (Fsp3) is 0.286. The van der Waals surface area contributed by atoms with Crippen LogP contribution >= 0.6 is 23.2 Å². The van der Waals surface area contributed by atoms with Gasteiger partial charge in [-0.25, -0.2) is 0 Å². The number of carbonyl (C=O) groups is 1. The van der Waals surface area contributed by atoms with E-state index in [0.29, 0.717) is 11.3 Å². The van der Waals surface area contributed by atoms with Crippen LogP contribution in [-0.2, 0) is 0 Å². The van der Waals surface area contributed by atoms with E-state index in [1.165, 1.54) is 0 Å². The third-order valence-electron chi connectivity index (χ3n) is 2.47. The molecule has 116 valence electrons. The molecule has 0 aliphatic carbocycles. The van der Waals surface area contributed by atoms with Crippen LogP contribution in [-0.4, -0.2) is 26.4 Å². The first-order chi connectivity index (χ1) is 10.2. The summed E-state index contributed by atoms with van der Waals surface area (Å²) in [5.74, 6) is 0.0993. The molecule has 2 N–H and O–H groups in total. The van der Waals surface area contributed by atoms with E-state index in [9.17, 15) is 4.79 Å². The number of amides is 1. The summed E-state index contributed by atoms with van der Waals surface area (Å²) < 4.78 is 0. The number of hydrogen-bond acceptors (Lipinski definition) is 5. The predicted molar refractivity (Wildman–Crippen MR) is 86.8 cm³/mol. The Morgan fingerprint density at radius 2 is 1.55 bits per heavy atom. The first-order valence-corrected chi connectivity index (χ1v) is 7.25. The molecule has 0 aliphatic heterocycles. The maximum absolute atomic E-state index is 12.0. The third kappa shape index (κ3) is 4.82. The van der Waals surface area contributed by atoms with Gasteiger partial charge in [0.05, 0.1) is 0 Å². The number of halogens is 2. The molecular weight excluding hydrogens is 325 g/mol. The lowest BCUT2D eigenvalue weighted by Gasteiger charge is -2.20. The van der Waals surface area contributed by atoms with E-state index < -0.39 is 0 Å². The standard InChI is InChI=1S/C14H15Cl2N5O/c1-14(2,3)21-10(22)8-4-6-9(7-5-8)17-13-19-11(15)18-12(16)20-13/h4-7H,1-3H3,(H,21,22)(H,17,18,19,20). The Balaban J connectivity index is 2.10. The Kier molecular flexibility index (Phi) is 4.83. The van der Waals surface area contributed by atoms with Crippen molar-refractivity contribution in [3.8, 4) is 0 Å². The first kappa shape index (κ1) is 16.5. The number of anilines is 2. The summed E-state index contributed by atoms with van der Waals surface area (Å²) in [5, 5.41) is 5.84. The van der Waals surface area contributed by atoms with Crippen molar-refractivity contribution in [2.75, 3.05) is 5.32 Å². The van der Waals surface area contributed by atoms with Crippen molar-refractivity contribution in [1.29, 1.82) is 0 Å². The van der Waals surface area contributed by atoms with Gasteiger partial charge >= 0.3 is 0 Å². The van der Waals surface area contributed by atoms with Gasteiger partial charge in [0.1, 0.15) is 0 Å².